The number of H-pyrrole nitrogens is 1. The maximum atomic E-state index is 12.0. The summed E-state index contributed by atoms with van der Waals surface area (Å²) in [4.78, 5) is 24.1. The highest BCUT2D eigenvalue weighted by molar-refractivity contribution is 7.16. The van der Waals surface area contributed by atoms with E-state index in [0.717, 1.165) is 4.88 Å². The molecule has 100 valence electrons. The minimum absolute atomic E-state index is 0.150. The fraction of sp³-hybridized carbons (Fsp3) is 0.250. The number of thiophene rings is 1. The first-order valence-corrected chi connectivity index (χ1v) is 6.38. The van der Waals surface area contributed by atoms with Crippen LogP contribution in [0.5, 0.6) is 0 Å². The molecule has 0 radical (unpaired) electrons. The van der Waals surface area contributed by atoms with Crippen LogP contribution in [-0.4, -0.2) is 27.2 Å². The van der Waals surface area contributed by atoms with Crippen LogP contribution >= 0.6 is 11.3 Å². The maximum absolute atomic E-state index is 12.0. The lowest BCUT2D eigenvalue weighted by Crippen LogP contribution is -2.14. The summed E-state index contributed by atoms with van der Waals surface area (Å²) in [5.74, 6) is -1.41. The summed E-state index contributed by atoms with van der Waals surface area (Å²) < 4.78 is 0. The highest BCUT2D eigenvalue weighted by Crippen LogP contribution is 2.32. The Morgan fingerprint density at radius 3 is 2.58 bits per heavy atom. The Kier molecular flexibility index (Phi) is 3.39. The van der Waals surface area contributed by atoms with Crippen molar-refractivity contribution in [3.8, 4) is 0 Å². The van der Waals surface area contributed by atoms with Crippen molar-refractivity contribution in [1.82, 2.24) is 10.2 Å². The Bertz CT molecular complexity index is 657. The molecular formula is C12H13N3O3S. The van der Waals surface area contributed by atoms with Gasteiger partial charge in [-0.1, -0.05) is 0 Å². The van der Waals surface area contributed by atoms with E-state index >= 15 is 0 Å². The van der Waals surface area contributed by atoms with Gasteiger partial charge < -0.3 is 10.4 Å². The predicted molar refractivity (Wildman–Crippen MR) is 72.0 cm³/mol. The summed E-state index contributed by atoms with van der Waals surface area (Å²) in [6.45, 7) is 5.28. The molecule has 0 atom stereocenters. The molecule has 0 unspecified atom stereocenters. The van der Waals surface area contributed by atoms with Gasteiger partial charge in [-0.15, -0.1) is 11.3 Å². The van der Waals surface area contributed by atoms with E-state index in [9.17, 15) is 14.7 Å². The van der Waals surface area contributed by atoms with Crippen LogP contribution in [0.1, 0.15) is 36.9 Å². The first-order chi connectivity index (χ1) is 8.91. The second-order valence-corrected chi connectivity index (χ2v) is 5.38. The second-order valence-electron chi connectivity index (χ2n) is 4.16. The number of aromatic nitrogens is 2. The molecular weight excluding hydrogens is 266 g/mol. The smallest absolute Gasteiger partial charge is 0.338 e. The number of amides is 1. The number of carboxylic acids is 1. The number of nitrogens with zero attached hydrogens (tertiary/aromatic N) is 1. The van der Waals surface area contributed by atoms with Crippen molar-refractivity contribution >= 4 is 28.2 Å². The van der Waals surface area contributed by atoms with Crippen molar-refractivity contribution in [3.05, 3.63) is 33.5 Å². The summed E-state index contributed by atoms with van der Waals surface area (Å²) in [6.07, 6.45) is 1.42. The molecule has 3 N–H and O–H groups in total. The first kappa shape index (κ1) is 13.3. The molecule has 1 amide bonds. The fourth-order valence-electron chi connectivity index (χ4n) is 1.72. The molecule has 0 aliphatic rings. The van der Waals surface area contributed by atoms with Crippen LogP contribution < -0.4 is 5.32 Å². The van der Waals surface area contributed by atoms with E-state index in [2.05, 4.69) is 15.5 Å². The molecule has 0 fully saturated rings. The van der Waals surface area contributed by atoms with Gasteiger partial charge >= 0.3 is 5.97 Å². The fourth-order valence-corrected chi connectivity index (χ4v) is 2.77. The Balaban J connectivity index is 2.35. The number of anilines is 1. The molecule has 7 heteroatoms. The van der Waals surface area contributed by atoms with Gasteiger partial charge in [0.2, 0.25) is 0 Å². The van der Waals surface area contributed by atoms with Crippen LogP contribution in [0.25, 0.3) is 0 Å². The van der Waals surface area contributed by atoms with E-state index in [1.165, 1.54) is 17.5 Å². The SMILES string of the molecule is Cc1[nH]ncc1C(=O)Nc1sc(C)c(C)c1C(=O)O. The highest BCUT2D eigenvalue weighted by Gasteiger charge is 2.21. The lowest BCUT2D eigenvalue weighted by Gasteiger charge is -2.03. The number of hydrogen-bond acceptors (Lipinski definition) is 4. The third-order valence-corrected chi connectivity index (χ3v) is 4.02. The number of nitrogens with one attached hydrogen (secondary N) is 2. The van der Waals surface area contributed by atoms with E-state index < -0.39 is 5.97 Å². The van der Waals surface area contributed by atoms with E-state index in [1.54, 1.807) is 13.8 Å². The van der Waals surface area contributed by atoms with E-state index in [-0.39, 0.29) is 11.5 Å². The molecule has 2 aromatic rings. The summed E-state index contributed by atoms with van der Waals surface area (Å²) in [7, 11) is 0. The number of aromatic carboxylic acids is 1. The number of aromatic amines is 1. The van der Waals surface area contributed by atoms with Crippen molar-refractivity contribution in [2.24, 2.45) is 0 Å². The molecule has 2 aromatic heterocycles. The standard InChI is InChI=1S/C12H13N3O3S/c1-5-7(3)19-11(9(5)12(17)18)14-10(16)8-4-13-15-6(8)2/h4H,1-3H3,(H,13,15)(H,14,16)(H,17,18). The van der Waals surface area contributed by atoms with Crippen LogP contribution in [0.2, 0.25) is 0 Å². The number of carbonyl (C=O) groups excluding carboxylic acids is 1. The van der Waals surface area contributed by atoms with Crippen molar-refractivity contribution in [3.63, 3.8) is 0 Å². The minimum atomic E-state index is -1.04. The van der Waals surface area contributed by atoms with Crippen molar-refractivity contribution in [1.29, 1.82) is 0 Å². The van der Waals surface area contributed by atoms with Crippen LogP contribution in [0.4, 0.5) is 5.00 Å². The normalized spacial score (nSPS) is 10.5. The average molecular weight is 279 g/mol. The maximum Gasteiger partial charge on any atom is 0.338 e. The minimum Gasteiger partial charge on any atom is -0.478 e. The number of aryl methyl sites for hydroxylation is 2. The van der Waals surface area contributed by atoms with Crippen molar-refractivity contribution in [2.45, 2.75) is 20.8 Å². The Morgan fingerprint density at radius 1 is 1.37 bits per heavy atom. The van der Waals surface area contributed by atoms with E-state index in [0.29, 0.717) is 21.8 Å². The van der Waals surface area contributed by atoms with Gasteiger partial charge in [-0.3, -0.25) is 9.89 Å². The Hall–Kier alpha value is -2.15. The van der Waals surface area contributed by atoms with Gasteiger partial charge in [-0.25, -0.2) is 4.79 Å². The molecule has 19 heavy (non-hydrogen) atoms. The molecule has 2 rings (SSSR count). The highest BCUT2D eigenvalue weighted by atomic mass is 32.1. The lowest BCUT2D eigenvalue weighted by molar-refractivity contribution is 0.0697. The molecule has 0 aliphatic heterocycles. The summed E-state index contributed by atoms with van der Waals surface area (Å²) in [5, 5.41) is 18.6. The molecule has 0 aliphatic carbocycles. The van der Waals surface area contributed by atoms with Gasteiger partial charge in [-0.2, -0.15) is 5.10 Å². The summed E-state index contributed by atoms with van der Waals surface area (Å²) in [6, 6.07) is 0. The number of carbonyl (C=O) groups is 2. The van der Waals surface area contributed by atoms with Gasteiger partial charge in [0.05, 0.1) is 17.3 Å². The predicted octanol–water partition coefficient (Wildman–Crippen LogP) is 2.35. The third kappa shape index (κ3) is 2.37. The van der Waals surface area contributed by atoms with Crippen LogP contribution in [-0.2, 0) is 0 Å². The zero-order valence-corrected chi connectivity index (χ0v) is 11.5. The number of hydrogen-bond donors (Lipinski definition) is 3. The summed E-state index contributed by atoms with van der Waals surface area (Å²) >= 11 is 1.26. The Morgan fingerprint density at radius 2 is 2.05 bits per heavy atom. The zero-order chi connectivity index (χ0) is 14.2. The van der Waals surface area contributed by atoms with Gasteiger partial charge in [0.1, 0.15) is 5.00 Å². The number of carboxylic acid groups (broad SMARTS) is 1. The monoisotopic (exact) mass is 279 g/mol. The quantitative estimate of drug-likeness (QED) is 0.803. The van der Waals surface area contributed by atoms with Gasteiger partial charge in [0.25, 0.3) is 5.91 Å². The van der Waals surface area contributed by atoms with Gasteiger partial charge in [0, 0.05) is 10.6 Å². The summed E-state index contributed by atoms with van der Waals surface area (Å²) in [5.41, 5.74) is 1.87. The molecule has 2 heterocycles. The van der Waals surface area contributed by atoms with E-state index in [4.69, 9.17) is 0 Å². The Labute approximate surface area is 113 Å². The zero-order valence-electron chi connectivity index (χ0n) is 10.7. The van der Waals surface area contributed by atoms with Gasteiger partial charge in [0.15, 0.2) is 0 Å². The van der Waals surface area contributed by atoms with Crippen LogP contribution in [0.3, 0.4) is 0 Å². The van der Waals surface area contributed by atoms with Gasteiger partial charge in [-0.05, 0) is 26.3 Å². The first-order valence-electron chi connectivity index (χ1n) is 5.56. The van der Waals surface area contributed by atoms with Crippen molar-refractivity contribution in [2.75, 3.05) is 5.32 Å². The number of rotatable bonds is 3. The molecule has 0 spiro atoms. The average Bonchev–Trinajstić information content (AvgIpc) is 2.84. The molecule has 0 bridgehead atoms. The molecule has 0 saturated carbocycles. The topological polar surface area (TPSA) is 95.1 Å². The molecule has 0 saturated heterocycles. The lowest BCUT2D eigenvalue weighted by atomic mass is 10.1. The van der Waals surface area contributed by atoms with Crippen molar-refractivity contribution < 1.29 is 14.7 Å². The largest absolute Gasteiger partial charge is 0.478 e. The molecule has 6 nitrogen and oxygen atoms in total. The molecule has 0 aromatic carbocycles. The second kappa shape index (κ2) is 4.85. The van der Waals surface area contributed by atoms with E-state index in [1.807, 2.05) is 6.92 Å². The third-order valence-electron chi connectivity index (χ3n) is 2.90. The van der Waals surface area contributed by atoms with Crippen LogP contribution in [0.15, 0.2) is 6.20 Å². The van der Waals surface area contributed by atoms with Crippen LogP contribution in [0, 0.1) is 20.8 Å².